The van der Waals surface area contributed by atoms with Gasteiger partial charge in [0.15, 0.2) is 4.80 Å². The van der Waals surface area contributed by atoms with Gasteiger partial charge in [-0.1, -0.05) is 53.8 Å². The number of benzene rings is 3. The van der Waals surface area contributed by atoms with E-state index in [4.69, 9.17) is 18.9 Å². The molecule has 0 fully saturated rings. The number of thiazole rings is 1. The summed E-state index contributed by atoms with van der Waals surface area (Å²) in [6, 6.07) is 23.7. The number of nitrogens with zero attached hydrogens (tertiary/aromatic N) is 2. The van der Waals surface area contributed by atoms with Gasteiger partial charge in [0.05, 0.1) is 35.6 Å². The Hall–Kier alpha value is -4.63. The minimum Gasteiger partial charge on any atom is -0.497 e. The first kappa shape index (κ1) is 27.9. The molecule has 1 aliphatic heterocycles. The second-order valence-corrected chi connectivity index (χ2v) is 10.2. The Bertz CT molecular complexity index is 1740. The number of para-hydroxylation sites is 1. The molecule has 1 aliphatic rings. The maximum absolute atomic E-state index is 13.8. The van der Waals surface area contributed by atoms with Crippen molar-refractivity contribution in [1.82, 2.24) is 4.57 Å². The molecule has 4 aromatic rings. The summed E-state index contributed by atoms with van der Waals surface area (Å²) in [5.41, 5.74) is 2.17. The van der Waals surface area contributed by atoms with Crippen molar-refractivity contribution in [3.63, 3.8) is 0 Å². The average Bonchev–Trinajstić information content (AvgIpc) is 3.29. The van der Waals surface area contributed by atoms with Gasteiger partial charge in [0.25, 0.3) is 5.56 Å². The lowest BCUT2D eigenvalue weighted by molar-refractivity contribution is -0.139. The van der Waals surface area contributed by atoms with Gasteiger partial charge in [-0.3, -0.25) is 9.36 Å². The van der Waals surface area contributed by atoms with Crippen LogP contribution in [0.3, 0.4) is 0 Å². The molecule has 1 aromatic heterocycles. The van der Waals surface area contributed by atoms with E-state index in [1.54, 1.807) is 37.7 Å². The van der Waals surface area contributed by atoms with E-state index in [-0.39, 0.29) is 12.2 Å². The van der Waals surface area contributed by atoms with Gasteiger partial charge in [0.2, 0.25) is 0 Å². The summed E-state index contributed by atoms with van der Waals surface area (Å²) in [6.45, 7) is 4.51. The molecule has 41 heavy (non-hydrogen) atoms. The number of ether oxygens (including phenoxy) is 4. The Morgan fingerprint density at radius 1 is 0.951 bits per heavy atom. The van der Waals surface area contributed by atoms with Crippen molar-refractivity contribution < 1.29 is 23.7 Å². The standard InChI is InChI=1S/C32H30N2O6S/c1-4-38-31(36)28-21(2)33-32-34(29(28)23-13-15-24(37-3)16-14-23)30(35)27(41-32)20-22-9-8-12-26(19-22)40-18-17-39-25-10-6-5-7-11-25/h5-16,19-20,29H,4,17-18H2,1-3H3/b27-20+. The Morgan fingerprint density at radius 3 is 2.37 bits per heavy atom. The Kier molecular flexibility index (Phi) is 8.64. The number of carbonyl (C=O) groups excluding carboxylic acids is 1. The summed E-state index contributed by atoms with van der Waals surface area (Å²) in [4.78, 5) is 32.0. The van der Waals surface area contributed by atoms with E-state index in [0.29, 0.717) is 45.3 Å². The molecule has 0 saturated heterocycles. The van der Waals surface area contributed by atoms with E-state index in [1.807, 2.05) is 72.8 Å². The quantitative estimate of drug-likeness (QED) is 0.209. The Balaban J connectivity index is 1.45. The minimum absolute atomic E-state index is 0.214. The summed E-state index contributed by atoms with van der Waals surface area (Å²) >= 11 is 1.28. The van der Waals surface area contributed by atoms with Crippen LogP contribution in [0, 0.1) is 0 Å². The van der Waals surface area contributed by atoms with E-state index >= 15 is 0 Å². The molecule has 0 bridgehead atoms. The van der Waals surface area contributed by atoms with Gasteiger partial charge in [-0.15, -0.1) is 0 Å². The van der Waals surface area contributed by atoms with Crippen LogP contribution in [-0.4, -0.2) is 37.5 Å². The van der Waals surface area contributed by atoms with Gasteiger partial charge in [0.1, 0.15) is 30.5 Å². The smallest absolute Gasteiger partial charge is 0.338 e. The van der Waals surface area contributed by atoms with Gasteiger partial charge in [-0.05, 0) is 67.4 Å². The molecule has 5 rings (SSSR count). The van der Waals surface area contributed by atoms with Crippen LogP contribution < -0.4 is 29.1 Å². The van der Waals surface area contributed by atoms with Gasteiger partial charge in [-0.2, -0.15) is 0 Å². The molecule has 0 saturated carbocycles. The first-order chi connectivity index (χ1) is 20.0. The highest BCUT2D eigenvalue weighted by atomic mass is 32.1. The van der Waals surface area contributed by atoms with Crippen LogP contribution in [-0.2, 0) is 9.53 Å². The average molecular weight is 571 g/mol. The lowest BCUT2D eigenvalue weighted by Gasteiger charge is -2.24. The number of hydrogen-bond acceptors (Lipinski definition) is 8. The molecule has 0 spiro atoms. The van der Waals surface area contributed by atoms with Crippen LogP contribution in [0.15, 0.2) is 99.9 Å². The topological polar surface area (TPSA) is 88.4 Å². The van der Waals surface area contributed by atoms with Crippen molar-refractivity contribution in [2.45, 2.75) is 19.9 Å². The Morgan fingerprint density at radius 2 is 1.66 bits per heavy atom. The predicted octanol–water partition coefficient (Wildman–Crippen LogP) is 4.26. The van der Waals surface area contributed by atoms with Crippen LogP contribution in [0.1, 0.15) is 31.0 Å². The maximum atomic E-state index is 13.8. The highest BCUT2D eigenvalue weighted by Gasteiger charge is 2.33. The number of fused-ring (bicyclic) bond motifs is 1. The van der Waals surface area contributed by atoms with Crippen LogP contribution in [0.4, 0.5) is 0 Å². The minimum atomic E-state index is -0.683. The fourth-order valence-corrected chi connectivity index (χ4v) is 5.62. The SMILES string of the molecule is CCOC(=O)C1=C(C)N=c2s/c(=C/c3cccc(OCCOc4ccccc4)c3)c(=O)n2C1c1ccc(OC)cc1. The largest absolute Gasteiger partial charge is 0.497 e. The molecule has 8 nitrogen and oxygen atoms in total. The van der Waals surface area contributed by atoms with Gasteiger partial charge < -0.3 is 18.9 Å². The molecule has 0 aliphatic carbocycles. The zero-order valence-corrected chi connectivity index (χ0v) is 23.9. The fourth-order valence-electron chi connectivity index (χ4n) is 4.57. The third-order valence-corrected chi connectivity index (χ3v) is 7.45. The normalized spacial score (nSPS) is 14.7. The zero-order valence-electron chi connectivity index (χ0n) is 23.0. The van der Waals surface area contributed by atoms with Crippen molar-refractivity contribution in [1.29, 1.82) is 0 Å². The lowest BCUT2D eigenvalue weighted by Crippen LogP contribution is -2.39. The van der Waals surface area contributed by atoms with Crippen LogP contribution in [0.5, 0.6) is 17.2 Å². The summed E-state index contributed by atoms with van der Waals surface area (Å²) in [7, 11) is 1.59. The first-order valence-corrected chi connectivity index (χ1v) is 14.0. The van der Waals surface area contributed by atoms with Gasteiger partial charge in [0, 0.05) is 0 Å². The van der Waals surface area contributed by atoms with Crippen LogP contribution in [0.25, 0.3) is 6.08 Å². The van der Waals surface area contributed by atoms with Gasteiger partial charge in [-0.25, -0.2) is 9.79 Å². The third-order valence-electron chi connectivity index (χ3n) is 6.47. The number of allylic oxidation sites excluding steroid dienone is 1. The number of rotatable bonds is 10. The van der Waals surface area contributed by atoms with E-state index in [9.17, 15) is 9.59 Å². The first-order valence-electron chi connectivity index (χ1n) is 13.2. The number of hydrogen-bond donors (Lipinski definition) is 0. The van der Waals surface area contributed by atoms with Crippen molar-refractivity contribution in [3.8, 4) is 17.2 Å². The third kappa shape index (κ3) is 6.25. The van der Waals surface area contributed by atoms with Crippen molar-refractivity contribution in [3.05, 3.63) is 121 Å². The molecule has 1 unspecified atom stereocenters. The second-order valence-electron chi connectivity index (χ2n) is 9.16. The van der Waals surface area contributed by atoms with E-state index in [2.05, 4.69) is 4.99 Å². The van der Waals surface area contributed by atoms with Crippen LogP contribution in [0.2, 0.25) is 0 Å². The predicted molar refractivity (Wildman–Crippen MR) is 157 cm³/mol. The lowest BCUT2D eigenvalue weighted by atomic mass is 9.96. The summed E-state index contributed by atoms with van der Waals surface area (Å²) < 4.78 is 24.3. The highest BCUT2D eigenvalue weighted by Crippen LogP contribution is 2.31. The van der Waals surface area contributed by atoms with Crippen molar-refractivity contribution in [2.24, 2.45) is 4.99 Å². The maximum Gasteiger partial charge on any atom is 0.338 e. The molecular weight excluding hydrogens is 540 g/mol. The molecule has 0 N–H and O–H groups in total. The summed E-state index contributed by atoms with van der Waals surface area (Å²) in [5, 5.41) is 0. The van der Waals surface area contributed by atoms with E-state index in [1.165, 1.54) is 11.3 Å². The molecule has 2 heterocycles. The van der Waals surface area contributed by atoms with E-state index in [0.717, 1.165) is 16.9 Å². The molecule has 210 valence electrons. The number of aromatic nitrogens is 1. The van der Waals surface area contributed by atoms with Crippen LogP contribution >= 0.6 is 11.3 Å². The molecule has 0 amide bonds. The molecule has 1 atom stereocenters. The second kappa shape index (κ2) is 12.7. The molecular formula is C32H30N2O6S. The van der Waals surface area contributed by atoms with Crippen molar-refractivity contribution in [2.75, 3.05) is 26.9 Å². The summed E-state index contributed by atoms with van der Waals surface area (Å²) in [6.07, 6.45) is 1.81. The van der Waals surface area contributed by atoms with Gasteiger partial charge >= 0.3 is 5.97 Å². The zero-order chi connectivity index (χ0) is 28.8. The molecule has 3 aromatic carbocycles. The highest BCUT2D eigenvalue weighted by molar-refractivity contribution is 7.07. The molecule has 9 heteroatoms. The monoisotopic (exact) mass is 570 g/mol. The molecule has 0 radical (unpaired) electrons. The Labute approximate surface area is 241 Å². The van der Waals surface area contributed by atoms with E-state index < -0.39 is 12.0 Å². The fraction of sp³-hybridized carbons (Fsp3) is 0.219. The number of esters is 1. The van der Waals surface area contributed by atoms with Crippen molar-refractivity contribution >= 4 is 23.4 Å². The number of carbonyl (C=O) groups is 1. The summed E-state index contributed by atoms with van der Waals surface area (Å²) in [5.74, 6) is 1.63. The number of methoxy groups -OCH3 is 1.